The Balaban J connectivity index is 1.11. The average molecular weight is 811 g/mol. The van der Waals surface area contributed by atoms with E-state index in [1.165, 1.54) is 87.2 Å². The van der Waals surface area contributed by atoms with Crippen molar-refractivity contribution in [2.75, 3.05) is 0 Å². The lowest BCUT2D eigenvalue weighted by atomic mass is 9.83. The van der Waals surface area contributed by atoms with Gasteiger partial charge in [-0.3, -0.25) is 0 Å². The third-order valence-corrected chi connectivity index (χ3v) is 13.2. The van der Waals surface area contributed by atoms with Gasteiger partial charge in [0.1, 0.15) is 0 Å². The Morgan fingerprint density at radius 3 is 1.30 bits per heavy atom. The molecule has 0 aliphatic carbocycles. The zero-order chi connectivity index (χ0) is 42.1. The molecule has 13 aromatic rings. The van der Waals surface area contributed by atoms with Crippen LogP contribution in [0.25, 0.3) is 132 Å². The molecule has 2 nitrogen and oxygen atoms in total. The molecule has 0 radical (unpaired) electrons. The summed E-state index contributed by atoms with van der Waals surface area (Å²) in [5, 5.41) is 14.3. The molecule has 0 bridgehead atoms. The van der Waals surface area contributed by atoms with Gasteiger partial charge in [0.05, 0.1) is 22.4 Å². The van der Waals surface area contributed by atoms with Crippen LogP contribution in [0.15, 0.2) is 231 Å². The van der Waals surface area contributed by atoms with Gasteiger partial charge in [-0.1, -0.05) is 194 Å². The van der Waals surface area contributed by atoms with Gasteiger partial charge in [-0.05, 0) is 124 Å². The smallest absolute Gasteiger partial charge is 0.0972 e. The van der Waals surface area contributed by atoms with Crippen molar-refractivity contribution in [1.82, 2.24) is 9.97 Å². The topological polar surface area (TPSA) is 25.8 Å². The molecule has 0 N–H and O–H groups in total. The van der Waals surface area contributed by atoms with Crippen molar-refractivity contribution in [1.29, 1.82) is 0 Å². The number of benzene rings is 11. The van der Waals surface area contributed by atoms with Crippen molar-refractivity contribution < 1.29 is 0 Å². The fraction of sp³-hybridized carbons (Fsp3) is 0. The summed E-state index contributed by atoms with van der Waals surface area (Å²) in [6.45, 7) is 0. The maximum absolute atomic E-state index is 5.44. The van der Waals surface area contributed by atoms with Crippen molar-refractivity contribution in [3.05, 3.63) is 231 Å². The van der Waals surface area contributed by atoms with Crippen molar-refractivity contribution in [2.45, 2.75) is 0 Å². The zero-order valence-electron chi connectivity index (χ0n) is 34.8. The van der Waals surface area contributed by atoms with Crippen LogP contribution in [0.3, 0.4) is 0 Å². The van der Waals surface area contributed by atoms with Crippen LogP contribution in [0.1, 0.15) is 0 Å². The fourth-order valence-electron chi connectivity index (χ4n) is 10.0. The Labute approximate surface area is 370 Å². The van der Waals surface area contributed by atoms with Gasteiger partial charge in [0.2, 0.25) is 0 Å². The van der Waals surface area contributed by atoms with E-state index in [4.69, 9.17) is 9.97 Å². The van der Waals surface area contributed by atoms with Gasteiger partial charge in [-0.15, -0.1) is 0 Å². The number of pyridine rings is 2. The van der Waals surface area contributed by atoms with Gasteiger partial charge in [0, 0.05) is 21.9 Å². The summed E-state index contributed by atoms with van der Waals surface area (Å²) in [4.78, 5) is 10.7. The van der Waals surface area contributed by atoms with Crippen molar-refractivity contribution >= 4 is 75.7 Å². The van der Waals surface area contributed by atoms with Gasteiger partial charge in [-0.25, -0.2) is 9.97 Å². The monoisotopic (exact) mass is 810 g/mol. The maximum atomic E-state index is 5.44. The number of hydrogen-bond donors (Lipinski definition) is 0. The highest BCUT2D eigenvalue weighted by Crippen LogP contribution is 2.47. The van der Waals surface area contributed by atoms with Gasteiger partial charge < -0.3 is 0 Å². The van der Waals surface area contributed by atoms with Crippen LogP contribution in [0.4, 0.5) is 0 Å². The normalized spacial score (nSPS) is 11.8. The quantitative estimate of drug-likeness (QED) is 0.128. The van der Waals surface area contributed by atoms with Gasteiger partial charge in [-0.2, -0.15) is 0 Å². The predicted molar refractivity (Wildman–Crippen MR) is 272 cm³/mol. The molecule has 0 atom stereocenters. The van der Waals surface area contributed by atoms with E-state index < -0.39 is 0 Å². The van der Waals surface area contributed by atoms with E-state index in [0.29, 0.717) is 0 Å². The number of fused-ring (bicyclic) bond motifs is 8. The molecule has 0 fully saturated rings. The van der Waals surface area contributed by atoms with E-state index >= 15 is 0 Å². The molecule has 2 aromatic heterocycles. The van der Waals surface area contributed by atoms with Gasteiger partial charge >= 0.3 is 0 Å². The Kier molecular flexibility index (Phi) is 8.25. The SMILES string of the molecule is c1ccc(-c2ccc3ccc4ccc(-c5ccc6c(-c7ccc8ccccc8c7)c7cc(-c8cccc9ccccc89)ccc7c(-c7ccc8ccccc8c7)c6c5)nc4c3n2)cc1. The standard InChI is InChI=1S/C62H38N2/c1-2-14-42(15-3-1)57-33-29-43-23-24-44-30-34-58(64-62(44)61(43)63-57)48-28-32-54-56(38-48)60(50-26-22-40-12-5-7-17-46(40)36-50)53-31-27-47(52-20-10-18-41-13-8-9-19-51(41)52)37-55(53)59(54)49-25-21-39-11-4-6-16-45(39)35-49/h1-38H. The third kappa shape index (κ3) is 5.95. The van der Waals surface area contributed by atoms with Crippen LogP contribution >= 0.6 is 0 Å². The largest absolute Gasteiger partial charge is 0.245 e. The Morgan fingerprint density at radius 1 is 0.219 bits per heavy atom. The molecule has 0 aliphatic heterocycles. The summed E-state index contributed by atoms with van der Waals surface area (Å²) in [6, 6.07) is 83.9. The Bertz CT molecular complexity index is 4010. The van der Waals surface area contributed by atoms with Crippen LogP contribution in [0, 0.1) is 0 Å². The van der Waals surface area contributed by atoms with Crippen molar-refractivity contribution in [3.63, 3.8) is 0 Å². The lowest BCUT2D eigenvalue weighted by Gasteiger charge is -2.20. The first-order chi connectivity index (χ1) is 31.7. The number of rotatable bonds is 5. The second-order valence-corrected chi connectivity index (χ2v) is 16.9. The van der Waals surface area contributed by atoms with E-state index in [1.54, 1.807) is 0 Å². The summed E-state index contributed by atoms with van der Waals surface area (Å²) in [5.41, 5.74) is 13.1. The number of hydrogen-bond acceptors (Lipinski definition) is 2. The highest BCUT2D eigenvalue weighted by atomic mass is 14.8. The Morgan fingerprint density at radius 2 is 0.672 bits per heavy atom. The highest BCUT2D eigenvalue weighted by Gasteiger charge is 2.20. The van der Waals surface area contributed by atoms with Crippen LogP contribution in [0.5, 0.6) is 0 Å². The lowest BCUT2D eigenvalue weighted by Crippen LogP contribution is -1.94. The fourth-order valence-corrected chi connectivity index (χ4v) is 10.0. The van der Waals surface area contributed by atoms with E-state index in [9.17, 15) is 0 Å². The first kappa shape index (κ1) is 36.2. The summed E-state index contributed by atoms with van der Waals surface area (Å²) >= 11 is 0. The van der Waals surface area contributed by atoms with E-state index in [-0.39, 0.29) is 0 Å². The van der Waals surface area contributed by atoms with E-state index in [2.05, 4.69) is 224 Å². The van der Waals surface area contributed by atoms with Crippen molar-refractivity contribution in [3.8, 4) is 55.9 Å². The predicted octanol–water partition coefficient (Wildman–Crippen LogP) is 16.9. The molecule has 0 saturated heterocycles. The second-order valence-electron chi connectivity index (χ2n) is 16.9. The molecular weight excluding hydrogens is 773 g/mol. The lowest BCUT2D eigenvalue weighted by molar-refractivity contribution is 1.37. The van der Waals surface area contributed by atoms with Crippen LogP contribution in [-0.4, -0.2) is 9.97 Å². The molecule has 2 heterocycles. The minimum absolute atomic E-state index is 0.902. The van der Waals surface area contributed by atoms with Crippen LogP contribution in [-0.2, 0) is 0 Å². The van der Waals surface area contributed by atoms with E-state index in [0.717, 1.165) is 44.3 Å². The molecule has 0 amide bonds. The van der Waals surface area contributed by atoms with E-state index in [1.807, 2.05) is 6.07 Å². The molecule has 0 unspecified atom stereocenters. The minimum atomic E-state index is 0.902. The van der Waals surface area contributed by atoms with Crippen LogP contribution in [0.2, 0.25) is 0 Å². The number of nitrogens with zero attached hydrogens (tertiary/aromatic N) is 2. The summed E-state index contributed by atoms with van der Waals surface area (Å²) in [7, 11) is 0. The molecular formula is C62H38N2. The number of aromatic nitrogens is 2. The molecule has 2 heteroatoms. The molecule has 0 aliphatic rings. The molecule has 0 spiro atoms. The molecule has 296 valence electrons. The van der Waals surface area contributed by atoms with Gasteiger partial charge in [0.15, 0.2) is 0 Å². The first-order valence-corrected chi connectivity index (χ1v) is 22.0. The van der Waals surface area contributed by atoms with Crippen molar-refractivity contribution in [2.24, 2.45) is 0 Å². The maximum Gasteiger partial charge on any atom is 0.0972 e. The molecule has 0 saturated carbocycles. The molecule has 64 heavy (non-hydrogen) atoms. The summed E-state index contributed by atoms with van der Waals surface area (Å²) in [6.07, 6.45) is 0. The summed E-state index contributed by atoms with van der Waals surface area (Å²) in [5.74, 6) is 0. The minimum Gasteiger partial charge on any atom is -0.245 e. The van der Waals surface area contributed by atoms with Gasteiger partial charge in [0.25, 0.3) is 0 Å². The Hall–Kier alpha value is -8.46. The summed E-state index contributed by atoms with van der Waals surface area (Å²) < 4.78 is 0. The highest BCUT2D eigenvalue weighted by molar-refractivity contribution is 6.23. The average Bonchev–Trinajstić information content (AvgIpc) is 3.37. The van der Waals surface area contributed by atoms with Crippen LogP contribution < -0.4 is 0 Å². The molecule has 11 aromatic carbocycles. The second kappa shape index (κ2) is 14.6. The third-order valence-electron chi connectivity index (χ3n) is 13.2. The molecule has 13 rings (SSSR count). The first-order valence-electron chi connectivity index (χ1n) is 22.0. The zero-order valence-corrected chi connectivity index (χ0v) is 34.8.